The van der Waals surface area contributed by atoms with Gasteiger partial charge in [0.15, 0.2) is 11.5 Å². The van der Waals surface area contributed by atoms with Crippen molar-refractivity contribution < 1.29 is 14.4 Å². The van der Waals surface area contributed by atoms with E-state index in [1.807, 2.05) is 0 Å². The van der Waals surface area contributed by atoms with Crippen LogP contribution in [0.2, 0.25) is 0 Å². The minimum atomic E-state index is -0.546. The van der Waals surface area contributed by atoms with Crippen LogP contribution in [0.3, 0.4) is 0 Å². The predicted octanol–water partition coefficient (Wildman–Crippen LogP) is 1.16. The fourth-order valence-corrected chi connectivity index (χ4v) is 2.00. The highest BCUT2D eigenvalue weighted by molar-refractivity contribution is 5.87. The van der Waals surface area contributed by atoms with Crippen molar-refractivity contribution in [2.24, 2.45) is 5.10 Å². The molecule has 0 atom stereocenters. The molecule has 10 nitrogen and oxygen atoms in total. The Kier molecular flexibility index (Phi) is 3.63. The average molecular weight is 317 g/mol. The zero-order valence-electron chi connectivity index (χ0n) is 11.9. The number of nitrogens with zero attached hydrogens (tertiary/aromatic N) is 3. The monoisotopic (exact) mass is 317 g/mol. The lowest BCUT2D eigenvalue weighted by Crippen LogP contribution is -2.10. The Bertz CT molecular complexity index is 860. The normalized spacial score (nSPS) is 12.6. The number of H-pyrrole nitrogens is 1. The number of ether oxygens (including phenoxy) is 2. The van der Waals surface area contributed by atoms with E-state index in [0.29, 0.717) is 17.2 Å². The molecule has 1 aliphatic heterocycles. The Morgan fingerprint density at radius 1 is 1.39 bits per heavy atom. The topological polar surface area (TPSA) is 132 Å². The van der Waals surface area contributed by atoms with E-state index in [1.165, 1.54) is 24.4 Å². The summed E-state index contributed by atoms with van der Waals surface area (Å²) in [6, 6.07) is 4.06. The first kappa shape index (κ1) is 14.5. The van der Waals surface area contributed by atoms with Gasteiger partial charge in [-0.3, -0.25) is 19.9 Å². The van der Waals surface area contributed by atoms with Gasteiger partial charge < -0.3 is 9.47 Å². The van der Waals surface area contributed by atoms with Crippen molar-refractivity contribution in [1.82, 2.24) is 9.97 Å². The van der Waals surface area contributed by atoms with Crippen molar-refractivity contribution in [3.63, 3.8) is 0 Å². The molecule has 0 unspecified atom stereocenters. The molecule has 1 aromatic carbocycles. The fourth-order valence-electron chi connectivity index (χ4n) is 2.00. The highest BCUT2D eigenvalue weighted by Gasteiger charge is 2.22. The van der Waals surface area contributed by atoms with Crippen LogP contribution in [0.4, 0.5) is 11.6 Å². The van der Waals surface area contributed by atoms with Crippen molar-refractivity contribution in [1.29, 1.82) is 0 Å². The van der Waals surface area contributed by atoms with Crippen LogP contribution in [0, 0.1) is 17.0 Å². The molecule has 2 heterocycles. The summed E-state index contributed by atoms with van der Waals surface area (Å²) in [5, 5.41) is 15.0. The van der Waals surface area contributed by atoms with Gasteiger partial charge in [0.2, 0.25) is 12.7 Å². The highest BCUT2D eigenvalue weighted by atomic mass is 16.7. The summed E-state index contributed by atoms with van der Waals surface area (Å²) in [5.41, 5.74) is 2.75. The number of aryl methyl sites for hydroxylation is 1. The summed E-state index contributed by atoms with van der Waals surface area (Å²) in [6.45, 7) is 1.67. The summed E-state index contributed by atoms with van der Waals surface area (Å²) in [5.74, 6) is 0.847. The van der Waals surface area contributed by atoms with E-state index in [-0.39, 0.29) is 29.6 Å². The third kappa shape index (κ3) is 3.10. The van der Waals surface area contributed by atoms with Crippen molar-refractivity contribution in [2.75, 3.05) is 12.2 Å². The van der Waals surface area contributed by atoms with Crippen LogP contribution < -0.4 is 20.5 Å². The molecule has 0 spiro atoms. The van der Waals surface area contributed by atoms with Gasteiger partial charge in [-0.2, -0.15) is 5.10 Å². The predicted molar refractivity (Wildman–Crippen MR) is 80.0 cm³/mol. The maximum atomic E-state index is 11.3. The Morgan fingerprint density at radius 3 is 2.83 bits per heavy atom. The van der Waals surface area contributed by atoms with Gasteiger partial charge >= 0.3 is 0 Å². The van der Waals surface area contributed by atoms with Gasteiger partial charge in [0, 0.05) is 11.8 Å². The maximum Gasteiger partial charge on any atom is 0.282 e. The average Bonchev–Trinajstić information content (AvgIpc) is 2.92. The molecule has 0 radical (unpaired) electrons. The first-order chi connectivity index (χ1) is 11.0. The number of hydrogen-bond donors (Lipinski definition) is 2. The van der Waals surface area contributed by atoms with E-state index >= 15 is 0 Å². The van der Waals surface area contributed by atoms with Crippen molar-refractivity contribution >= 4 is 17.9 Å². The van der Waals surface area contributed by atoms with Gasteiger partial charge in [-0.05, 0) is 13.0 Å². The lowest BCUT2D eigenvalue weighted by Gasteiger charge is -2.02. The molecule has 0 fully saturated rings. The number of nitro benzene ring substituents is 1. The van der Waals surface area contributed by atoms with Crippen molar-refractivity contribution in [3.05, 3.63) is 49.9 Å². The Labute approximate surface area is 128 Å². The van der Waals surface area contributed by atoms with E-state index in [4.69, 9.17) is 9.47 Å². The van der Waals surface area contributed by atoms with Gasteiger partial charge in [-0.25, -0.2) is 10.4 Å². The molecular formula is C13H11N5O5. The number of rotatable bonds is 4. The molecule has 0 saturated heterocycles. The molecule has 1 aliphatic rings. The number of nitro groups is 1. The molecule has 1 aromatic heterocycles. The molecule has 0 bridgehead atoms. The van der Waals surface area contributed by atoms with Crippen LogP contribution in [-0.2, 0) is 0 Å². The highest BCUT2D eigenvalue weighted by Crippen LogP contribution is 2.37. The SMILES string of the molecule is Cc1cc(=O)[nH]c(NN=Cc2cc3c(cc2[N+](=O)[O-])OCO3)n1. The number of benzene rings is 1. The zero-order chi connectivity index (χ0) is 16.4. The van der Waals surface area contributed by atoms with Crippen molar-refractivity contribution in [3.8, 4) is 11.5 Å². The Morgan fingerprint density at radius 2 is 2.13 bits per heavy atom. The van der Waals surface area contributed by atoms with Gasteiger partial charge in [0.1, 0.15) is 0 Å². The lowest BCUT2D eigenvalue weighted by atomic mass is 10.1. The number of aromatic nitrogens is 2. The van der Waals surface area contributed by atoms with Crippen LogP contribution in [-0.4, -0.2) is 27.9 Å². The molecular weight excluding hydrogens is 306 g/mol. The number of hydrogen-bond acceptors (Lipinski definition) is 8. The molecule has 10 heteroatoms. The standard InChI is InChI=1S/C13H11N5O5/c1-7-2-12(19)16-13(15-7)17-14-5-8-3-10-11(23-6-22-10)4-9(8)18(20)21/h2-5H,6H2,1H3,(H2,15,16,17,19). The molecule has 0 saturated carbocycles. The molecule has 0 amide bonds. The second kappa shape index (κ2) is 5.75. The van der Waals surface area contributed by atoms with Crippen molar-refractivity contribution in [2.45, 2.75) is 6.92 Å². The van der Waals surface area contributed by atoms with E-state index in [0.717, 1.165) is 0 Å². The fraction of sp³-hybridized carbons (Fsp3) is 0.154. The van der Waals surface area contributed by atoms with Crippen LogP contribution in [0.15, 0.2) is 28.1 Å². The number of hydrazone groups is 1. The van der Waals surface area contributed by atoms with Gasteiger partial charge in [-0.1, -0.05) is 0 Å². The second-order valence-corrected chi connectivity index (χ2v) is 4.63. The molecule has 118 valence electrons. The smallest absolute Gasteiger partial charge is 0.282 e. The molecule has 3 rings (SSSR count). The second-order valence-electron chi connectivity index (χ2n) is 4.63. The van der Waals surface area contributed by atoms with Gasteiger partial charge in [0.25, 0.3) is 11.2 Å². The number of nitrogens with one attached hydrogen (secondary N) is 2. The first-order valence-electron chi connectivity index (χ1n) is 6.48. The van der Waals surface area contributed by atoms with E-state index in [9.17, 15) is 14.9 Å². The van der Waals surface area contributed by atoms with E-state index in [1.54, 1.807) is 6.92 Å². The van der Waals surface area contributed by atoms with E-state index < -0.39 is 4.92 Å². The molecule has 2 aromatic rings. The number of fused-ring (bicyclic) bond motifs is 1. The van der Waals surface area contributed by atoms with Crippen LogP contribution >= 0.6 is 0 Å². The molecule has 23 heavy (non-hydrogen) atoms. The minimum absolute atomic E-state index is 0.0137. The quantitative estimate of drug-likeness (QED) is 0.491. The maximum absolute atomic E-state index is 11.3. The summed E-state index contributed by atoms with van der Waals surface area (Å²) >= 11 is 0. The molecule has 0 aliphatic carbocycles. The minimum Gasteiger partial charge on any atom is -0.454 e. The van der Waals surface area contributed by atoms with Gasteiger partial charge in [-0.15, -0.1) is 0 Å². The summed E-state index contributed by atoms with van der Waals surface area (Å²) in [7, 11) is 0. The lowest BCUT2D eigenvalue weighted by molar-refractivity contribution is -0.385. The zero-order valence-corrected chi connectivity index (χ0v) is 11.9. The number of aromatic amines is 1. The summed E-state index contributed by atoms with van der Waals surface area (Å²) in [6.07, 6.45) is 1.24. The largest absolute Gasteiger partial charge is 0.454 e. The van der Waals surface area contributed by atoms with Crippen LogP contribution in [0.25, 0.3) is 0 Å². The Balaban J connectivity index is 1.87. The summed E-state index contributed by atoms with van der Waals surface area (Å²) in [4.78, 5) is 28.3. The third-order valence-corrected chi connectivity index (χ3v) is 2.96. The van der Waals surface area contributed by atoms with Crippen LogP contribution in [0.1, 0.15) is 11.3 Å². The molecule has 2 N–H and O–H groups in total. The van der Waals surface area contributed by atoms with Crippen LogP contribution in [0.5, 0.6) is 11.5 Å². The third-order valence-electron chi connectivity index (χ3n) is 2.96. The Hall–Kier alpha value is -3.43. The van der Waals surface area contributed by atoms with E-state index in [2.05, 4.69) is 20.5 Å². The number of anilines is 1. The van der Waals surface area contributed by atoms with Gasteiger partial charge in [0.05, 0.1) is 22.8 Å². The summed E-state index contributed by atoms with van der Waals surface area (Å²) < 4.78 is 10.3. The first-order valence-corrected chi connectivity index (χ1v) is 6.48.